The lowest BCUT2D eigenvalue weighted by atomic mass is 10.0. The van der Waals surface area contributed by atoms with Crippen LogP contribution in [-0.4, -0.2) is 50.5 Å². The molecule has 0 unspecified atom stereocenters. The van der Waals surface area contributed by atoms with Gasteiger partial charge in [0.05, 0.1) is 11.9 Å². The molecule has 1 atom stereocenters. The molecular formula is C33H42ClN3O4S. The van der Waals surface area contributed by atoms with Gasteiger partial charge in [-0.05, 0) is 54.2 Å². The first-order valence-electron chi connectivity index (χ1n) is 14.5. The number of anilines is 1. The van der Waals surface area contributed by atoms with E-state index in [0.29, 0.717) is 23.7 Å². The van der Waals surface area contributed by atoms with Gasteiger partial charge in [-0.25, -0.2) is 8.42 Å². The van der Waals surface area contributed by atoms with E-state index in [4.69, 9.17) is 11.6 Å². The number of benzene rings is 3. The predicted octanol–water partition coefficient (Wildman–Crippen LogP) is 6.01. The zero-order valence-electron chi connectivity index (χ0n) is 24.8. The molecule has 7 nitrogen and oxygen atoms in total. The van der Waals surface area contributed by atoms with Crippen molar-refractivity contribution in [3.63, 3.8) is 0 Å². The van der Waals surface area contributed by atoms with E-state index in [0.717, 1.165) is 36.0 Å². The van der Waals surface area contributed by atoms with E-state index < -0.39 is 16.1 Å². The highest BCUT2D eigenvalue weighted by atomic mass is 35.5. The summed E-state index contributed by atoms with van der Waals surface area (Å²) in [5, 5.41) is 3.52. The van der Waals surface area contributed by atoms with Gasteiger partial charge in [0, 0.05) is 37.5 Å². The number of aryl methyl sites for hydroxylation is 1. The molecule has 42 heavy (non-hydrogen) atoms. The highest BCUT2D eigenvalue weighted by molar-refractivity contribution is 7.92. The predicted molar refractivity (Wildman–Crippen MR) is 171 cm³/mol. The Morgan fingerprint density at radius 1 is 0.881 bits per heavy atom. The van der Waals surface area contributed by atoms with E-state index in [2.05, 4.69) is 12.2 Å². The average molecular weight is 612 g/mol. The number of carbonyl (C=O) groups is 2. The number of amides is 2. The Morgan fingerprint density at radius 2 is 1.55 bits per heavy atom. The number of hydrogen-bond acceptors (Lipinski definition) is 4. The third-order valence-electron chi connectivity index (χ3n) is 7.18. The van der Waals surface area contributed by atoms with Crippen LogP contribution in [0.4, 0.5) is 5.69 Å². The van der Waals surface area contributed by atoms with Crippen molar-refractivity contribution in [3.05, 3.63) is 101 Å². The third kappa shape index (κ3) is 9.88. The van der Waals surface area contributed by atoms with Crippen LogP contribution in [0.25, 0.3) is 0 Å². The van der Waals surface area contributed by atoms with Crippen LogP contribution in [0.15, 0.2) is 78.9 Å². The summed E-state index contributed by atoms with van der Waals surface area (Å²) < 4.78 is 26.7. The Morgan fingerprint density at radius 3 is 2.17 bits per heavy atom. The van der Waals surface area contributed by atoms with Crippen LogP contribution in [0.2, 0.25) is 5.02 Å². The number of nitrogens with one attached hydrogen (secondary N) is 1. The number of hydrogen-bond donors (Lipinski definition) is 1. The zero-order valence-corrected chi connectivity index (χ0v) is 26.3. The van der Waals surface area contributed by atoms with Gasteiger partial charge in [-0.1, -0.05) is 92.5 Å². The summed E-state index contributed by atoms with van der Waals surface area (Å²) in [6, 6.07) is 23.6. The number of unbranched alkanes of at least 4 members (excludes halogenated alkanes) is 1. The van der Waals surface area contributed by atoms with Crippen LogP contribution < -0.4 is 9.62 Å². The minimum absolute atomic E-state index is 0.0665. The molecule has 0 aliphatic rings. The Labute approximate surface area is 255 Å². The second-order valence-corrected chi connectivity index (χ2v) is 12.7. The lowest BCUT2D eigenvalue weighted by Crippen LogP contribution is -2.50. The van der Waals surface area contributed by atoms with Gasteiger partial charge in [0.25, 0.3) is 0 Å². The Balaban J connectivity index is 1.87. The lowest BCUT2D eigenvalue weighted by Gasteiger charge is -2.32. The van der Waals surface area contributed by atoms with Crippen molar-refractivity contribution in [2.24, 2.45) is 0 Å². The van der Waals surface area contributed by atoms with Crippen LogP contribution in [-0.2, 0) is 39.0 Å². The standard InChI is InChI=1S/C33H42ClN3O4S/c1-4-6-22-35-33(39)31(24-27-13-8-7-9-14-27)36(25-28-15-10-11-16-30(28)34)32(38)17-12-23-37(42(3,40)41)29-20-18-26(5-2)19-21-29/h7-11,13-16,18-21,31H,4-6,12,17,22-25H2,1-3H3,(H,35,39)/t31-/m1/s1. The largest absolute Gasteiger partial charge is 0.354 e. The van der Waals surface area contributed by atoms with Crippen molar-refractivity contribution in [3.8, 4) is 0 Å². The average Bonchev–Trinajstić information content (AvgIpc) is 2.98. The number of halogens is 1. The molecule has 0 saturated heterocycles. The van der Waals surface area contributed by atoms with Crippen molar-refractivity contribution < 1.29 is 18.0 Å². The summed E-state index contributed by atoms with van der Waals surface area (Å²) in [4.78, 5) is 29.1. The van der Waals surface area contributed by atoms with Crippen LogP contribution in [0.3, 0.4) is 0 Å². The molecule has 3 aromatic rings. The van der Waals surface area contributed by atoms with Gasteiger partial charge in [0.2, 0.25) is 21.8 Å². The molecule has 0 fully saturated rings. The highest BCUT2D eigenvalue weighted by Gasteiger charge is 2.31. The third-order valence-corrected chi connectivity index (χ3v) is 8.75. The normalized spacial score (nSPS) is 12.0. The topological polar surface area (TPSA) is 86.8 Å². The molecule has 1 N–H and O–H groups in total. The molecule has 0 aromatic heterocycles. The maximum Gasteiger partial charge on any atom is 0.243 e. The van der Waals surface area contributed by atoms with E-state index in [-0.39, 0.29) is 37.7 Å². The zero-order chi connectivity index (χ0) is 30.5. The minimum atomic E-state index is -3.57. The van der Waals surface area contributed by atoms with E-state index in [1.807, 2.05) is 67.6 Å². The van der Waals surface area contributed by atoms with Crippen molar-refractivity contribution >= 4 is 39.1 Å². The summed E-state index contributed by atoms with van der Waals surface area (Å²) in [5.74, 6) is -0.460. The van der Waals surface area contributed by atoms with Gasteiger partial charge in [-0.2, -0.15) is 0 Å². The van der Waals surface area contributed by atoms with Gasteiger partial charge >= 0.3 is 0 Å². The summed E-state index contributed by atoms with van der Waals surface area (Å²) >= 11 is 6.49. The molecule has 0 aliphatic carbocycles. The summed E-state index contributed by atoms with van der Waals surface area (Å²) in [7, 11) is -3.57. The van der Waals surface area contributed by atoms with Gasteiger partial charge in [-0.15, -0.1) is 0 Å². The SMILES string of the molecule is CCCCNC(=O)[C@@H](Cc1ccccc1)N(Cc1ccccc1Cl)C(=O)CCCN(c1ccc(CC)cc1)S(C)(=O)=O. The molecule has 0 heterocycles. The molecule has 9 heteroatoms. The summed E-state index contributed by atoms with van der Waals surface area (Å²) in [5.41, 5.74) is 3.34. The minimum Gasteiger partial charge on any atom is -0.354 e. The molecule has 0 spiro atoms. The Kier molecular flexibility index (Phi) is 12.9. The van der Waals surface area contributed by atoms with Gasteiger partial charge in [0.1, 0.15) is 6.04 Å². The molecule has 0 saturated carbocycles. The lowest BCUT2D eigenvalue weighted by molar-refractivity contribution is -0.141. The number of rotatable bonds is 16. The van der Waals surface area contributed by atoms with E-state index in [1.165, 1.54) is 10.6 Å². The Bertz CT molecular complexity index is 1400. The summed E-state index contributed by atoms with van der Waals surface area (Å²) in [6.07, 6.45) is 4.49. The van der Waals surface area contributed by atoms with Crippen LogP contribution in [0, 0.1) is 0 Å². The fourth-order valence-electron chi connectivity index (χ4n) is 4.77. The molecule has 3 rings (SSSR count). The first-order valence-corrected chi connectivity index (χ1v) is 16.8. The van der Waals surface area contributed by atoms with Crippen LogP contribution >= 0.6 is 11.6 Å². The van der Waals surface area contributed by atoms with Gasteiger partial charge in [0.15, 0.2) is 0 Å². The number of sulfonamides is 1. The molecule has 0 bridgehead atoms. The Hall–Kier alpha value is -3.36. The quantitative estimate of drug-likeness (QED) is 0.201. The monoisotopic (exact) mass is 611 g/mol. The maximum absolute atomic E-state index is 13.9. The summed E-state index contributed by atoms with van der Waals surface area (Å²) in [6.45, 7) is 4.92. The smallest absolute Gasteiger partial charge is 0.243 e. The molecule has 226 valence electrons. The number of nitrogens with zero attached hydrogens (tertiary/aromatic N) is 2. The van der Waals surface area contributed by atoms with Crippen LogP contribution in [0.1, 0.15) is 56.2 Å². The fourth-order valence-corrected chi connectivity index (χ4v) is 5.93. The van der Waals surface area contributed by atoms with Crippen molar-refractivity contribution in [1.29, 1.82) is 0 Å². The molecule has 2 amide bonds. The van der Waals surface area contributed by atoms with Crippen LogP contribution in [0.5, 0.6) is 0 Å². The molecular weight excluding hydrogens is 570 g/mol. The van der Waals surface area contributed by atoms with Crippen molar-refractivity contribution in [2.45, 2.75) is 65.0 Å². The molecule has 0 aliphatic heterocycles. The maximum atomic E-state index is 13.9. The first kappa shape index (κ1) is 33.1. The van der Waals surface area contributed by atoms with Gasteiger partial charge < -0.3 is 10.2 Å². The molecule has 0 radical (unpaired) electrons. The first-order chi connectivity index (χ1) is 20.1. The van der Waals surface area contributed by atoms with Crippen molar-refractivity contribution in [1.82, 2.24) is 10.2 Å². The van der Waals surface area contributed by atoms with E-state index in [1.54, 1.807) is 23.1 Å². The van der Waals surface area contributed by atoms with E-state index in [9.17, 15) is 18.0 Å². The molecule has 3 aromatic carbocycles. The second-order valence-electron chi connectivity index (χ2n) is 10.4. The van der Waals surface area contributed by atoms with E-state index >= 15 is 0 Å². The highest BCUT2D eigenvalue weighted by Crippen LogP contribution is 2.23. The van der Waals surface area contributed by atoms with Gasteiger partial charge in [-0.3, -0.25) is 13.9 Å². The van der Waals surface area contributed by atoms with Crippen molar-refractivity contribution in [2.75, 3.05) is 23.7 Å². The number of carbonyl (C=O) groups excluding carboxylic acids is 2. The fraction of sp³-hybridized carbons (Fsp3) is 0.394. The second kappa shape index (κ2) is 16.3.